The molecule has 1 N–H and O–H groups in total. The number of thioether (sulfide) groups is 1. The van der Waals surface area contributed by atoms with Gasteiger partial charge in [-0.15, -0.1) is 5.10 Å². The van der Waals surface area contributed by atoms with E-state index in [9.17, 15) is 0 Å². The van der Waals surface area contributed by atoms with E-state index in [1.165, 1.54) is 22.7 Å². The Morgan fingerprint density at radius 1 is 1.32 bits per heavy atom. The second kappa shape index (κ2) is 7.50. The summed E-state index contributed by atoms with van der Waals surface area (Å²) < 4.78 is 4.03. The molecule has 19 heavy (non-hydrogen) atoms. The Labute approximate surface area is 123 Å². The third kappa shape index (κ3) is 4.51. The van der Waals surface area contributed by atoms with Gasteiger partial charge in [0, 0.05) is 29.6 Å². The molecule has 3 nitrogen and oxygen atoms in total. The van der Waals surface area contributed by atoms with Gasteiger partial charge in [-0.3, -0.25) is 0 Å². The van der Waals surface area contributed by atoms with Gasteiger partial charge in [0.15, 0.2) is 0 Å². The molecule has 0 unspecified atom stereocenters. The molecule has 1 aromatic carbocycles. The molecule has 1 aromatic heterocycles. The molecule has 0 amide bonds. The molecule has 0 aliphatic carbocycles. The second-order valence-electron chi connectivity index (χ2n) is 4.46. The normalized spacial score (nSPS) is 10.6. The Morgan fingerprint density at radius 3 is 3.00 bits per heavy atom. The van der Waals surface area contributed by atoms with Crippen LogP contribution < -0.4 is 5.32 Å². The highest BCUT2D eigenvalue weighted by molar-refractivity contribution is 7.97. The second-order valence-corrected chi connectivity index (χ2v) is 6.20. The number of nitrogens with zero attached hydrogens (tertiary/aromatic N) is 2. The van der Waals surface area contributed by atoms with E-state index in [2.05, 4.69) is 53.0 Å². The van der Waals surface area contributed by atoms with Gasteiger partial charge in [0.05, 0.1) is 0 Å². The largest absolute Gasteiger partial charge is 0.374 e. The summed E-state index contributed by atoms with van der Waals surface area (Å²) in [7, 11) is 0. The van der Waals surface area contributed by atoms with Gasteiger partial charge in [0.25, 0.3) is 0 Å². The molecule has 0 aliphatic heterocycles. The summed E-state index contributed by atoms with van der Waals surface area (Å²) in [5, 5.41) is 8.71. The molecule has 0 spiro atoms. The van der Waals surface area contributed by atoms with Crippen LogP contribution in [0, 0.1) is 6.92 Å². The Balaban J connectivity index is 1.84. The molecule has 0 saturated heterocycles. The van der Waals surface area contributed by atoms with Crippen molar-refractivity contribution in [3.63, 3.8) is 0 Å². The molecular formula is C14H19N3S2. The Bertz CT molecular complexity index is 511. The van der Waals surface area contributed by atoms with Crippen LogP contribution in [-0.2, 0) is 11.5 Å². The van der Waals surface area contributed by atoms with Crippen molar-refractivity contribution in [3.05, 3.63) is 41.1 Å². The number of hydrogen-bond acceptors (Lipinski definition) is 5. The van der Waals surface area contributed by atoms with Crippen molar-refractivity contribution < 1.29 is 0 Å². The quantitative estimate of drug-likeness (QED) is 0.834. The predicted molar refractivity (Wildman–Crippen MR) is 84.9 cm³/mol. The van der Waals surface area contributed by atoms with Gasteiger partial charge in [-0.1, -0.05) is 41.2 Å². The maximum absolute atomic E-state index is 4.20. The van der Waals surface area contributed by atoms with Crippen molar-refractivity contribution in [1.29, 1.82) is 0 Å². The minimum Gasteiger partial charge on any atom is -0.374 e. The van der Waals surface area contributed by atoms with Crippen molar-refractivity contribution in [1.82, 2.24) is 9.59 Å². The highest BCUT2D eigenvalue weighted by Gasteiger charge is 2.07. The number of aromatic nitrogens is 2. The van der Waals surface area contributed by atoms with E-state index in [0.717, 1.165) is 35.2 Å². The summed E-state index contributed by atoms with van der Waals surface area (Å²) in [6.07, 6.45) is 1.12. The van der Waals surface area contributed by atoms with E-state index in [-0.39, 0.29) is 0 Å². The zero-order valence-electron chi connectivity index (χ0n) is 11.3. The van der Waals surface area contributed by atoms with E-state index in [1.807, 2.05) is 11.8 Å². The average molecular weight is 293 g/mol. The van der Waals surface area contributed by atoms with Crippen LogP contribution in [-0.4, -0.2) is 16.1 Å². The summed E-state index contributed by atoms with van der Waals surface area (Å²) >= 11 is 3.34. The maximum atomic E-state index is 4.20. The lowest BCUT2D eigenvalue weighted by atomic mass is 10.2. The molecule has 0 atom stereocenters. The fourth-order valence-electron chi connectivity index (χ4n) is 1.74. The first-order chi connectivity index (χ1) is 9.29. The standard InChI is InChI=1S/C14H19N3S2/c1-3-7-15-14-13(16-17-19-14)10-18-9-12-6-4-5-11(2)8-12/h4-6,8,15H,3,7,9-10H2,1-2H3. The molecule has 102 valence electrons. The fraction of sp³-hybridized carbons (Fsp3) is 0.429. The monoisotopic (exact) mass is 293 g/mol. The molecule has 0 radical (unpaired) electrons. The van der Waals surface area contributed by atoms with Gasteiger partial charge in [0.1, 0.15) is 10.7 Å². The molecule has 0 aliphatic rings. The lowest BCUT2D eigenvalue weighted by Gasteiger charge is -2.04. The zero-order valence-corrected chi connectivity index (χ0v) is 13.0. The first kappa shape index (κ1) is 14.3. The Kier molecular flexibility index (Phi) is 5.66. The molecular weight excluding hydrogens is 274 g/mol. The summed E-state index contributed by atoms with van der Waals surface area (Å²) in [6, 6.07) is 8.66. The SMILES string of the molecule is CCCNc1snnc1CSCc1cccc(C)c1. The highest BCUT2D eigenvalue weighted by Crippen LogP contribution is 2.24. The van der Waals surface area contributed by atoms with Crippen LogP contribution in [0.3, 0.4) is 0 Å². The van der Waals surface area contributed by atoms with Gasteiger partial charge >= 0.3 is 0 Å². The minimum absolute atomic E-state index is 0.913. The molecule has 0 fully saturated rings. The van der Waals surface area contributed by atoms with Crippen LogP contribution in [0.5, 0.6) is 0 Å². The molecule has 0 bridgehead atoms. The predicted octanol–water partition coefficient (Wildman–Crippen LogP) is 4.10. The van der Waals surface area contributed by atoms with E-state index in [0.29, 0.717) is 0 Å². The number of rotatable bonds is 7. The molecule has 0 saturated carbocycles. The van der Waals surface area contributed by atoms with Gasteiger partial charge in [-0.25, -0.2) is 0 Å². The van der Waals surface area contributed by atoms with Crippen molar-refractivity contribution in [3.8, 4) is 0 Å². The summed E-state index contributed by atoms with van der Waals surface area (Å²) in [5.74, 6) is 1.93. The lowest BCUT2D eigenvalue weighted by molar-refractivity contribution is 0.976. The van der Waals surface area contributed by atoms with Crippen LogP contribution in [0.1, 0.15) is 30.2 Å². The number of nitrogens with one attached hydrogen (secondary N) is 1. The fourth-order valence-corrected chi connectivity index (χ4v) is 3.35. The number of aryl methyl sites for hydroxylation is 1. The lowest BCUT2D eigenvalue weighted by Crippen LogP contribution is -2.00. The zero-order chi connectivity index (χ0) is 13.5. The van der Waals surface area contributed by atoms with Crippen LogP contribution in [0.2, 0.25) is 0 Å². The highest BCUT2D eigenvalue weighted by atomic mass is 32.2. The van der Waals surface area contributed by atoms with E-state index < -0.39 is 0 Å². The molecule has 5 heteroatoms. The number of anilines is 1. The van der Waals surface area contributed by atoms with Crippen molar-refractivity contribution in [2.45, 2.75) is 31.8 Å². The Hall–Kier alpha value is -1.07. The van der Waals surface area contributed by atoms with Gasteiger partial charge < -0.3 is 5.32 Å². The van der Waals surface area contributed by atoms with Crippen molar-refractivity contribution >= 4 is 28.3 Å². The van der Waals surface area contributed by atoms with Crippen LogP contribution in [0.4, 0.5) is 5.00 Å². The average Bonchev–Trinajstić information content (AvgIpc) is 2.84. The van der Waals surface area contributed by atoms with Crippen LogP contribution in [0.25, 0.3) is 0 Å². The molecule has 1 heterocycles. The van der Waals surface area contributed by atoms with E-state index in [4.69, 9.17) is 0 Å². The summed E-state index contributed by atoms with van der Waals surface area (Å²) in [4.78, 5) is 0. The summed E-state index contributed by atoms with van der Waals surface area (Å²) in [5.41, 5.74) is 3.77. The van der Waals surface area contributed by atoms with Crippen molar-refractivity contribution in [2.24, 2.45) is 0 Å². The third-order valence-electron chi connectivity index (χ3n) is 2.68. The van der Waals surface area contributed by atoms with Crippen molar-refractivity contribution in [2.75, 3.05) is 11.9 Å². The molecule has 2 rings (SSSR count). The minimum atomic E-state index is 0.913. The molecule has 2 aromatic rings. The number of benzene rings is 1. The first-order valence-corrected chi connectivity index (χ1v) is 8.40. The van der Waals surface area contributed by atoms with Crippen LogP contribution in [0.15, 0.2) is 24.3 Å². The van der Waals surface area contributed by atoms with Crippen LogP contribution >= 0.6 is 23.3 Å². The smallest absolute Gasteiger partial charge is 0.134 e. The van der Waals surface area contributed by atoms with Gasteiger partial charge in [0.2, 0.25) is 0 Å². The topological polar surface area (TPSA) is 37.8 Å². The Morgan fingerprint density at radius 2 is 2.21 bits per heavy atom. The summed E-state index contributed by atoms with van der Waals surface area (Å²) in [6.45, 7) is 5.28. The third-order valence-corrected chi connectivity index (χ3v) is 4.42. The van der Waals surface area contributed by atoms with E-state index in [1.54, 1.807) is 0 Å². The van der Waals surface area contributed by atoms with Gasteiger partial charge in [-0.05, 0) is 18.9 Å². The first-order valence-electron chi connectivity index (χ1n) is 6.48. The number of hydrogen-bond donors (Lipinski definition) is 1. The van der Waals surface area contributed by atoms with E-state index >= 15 is 0 Å². The van der Waals surface area contributed by atoms with Gasteiger partial charge in [-0.2, -0.15) is 11.8 Å². The maximum Gasteiger partial charge on any atom is 0.134 e.